The van der Waals surface area contributed by atoms with Gasteiger partial charge in [-0.3, -0.25) is 9.59 Å². The Kier molecular flexibility index (Phi) is 9.94. The average Bonchev–Trinajstić information content (AvgIpc) is 2.68. The van der Waals surface area contributed by atoms with E-state index in [-0.39, 0.29) is 31.0 Å². The van der Waals surface area contributed by atoms with Gasteiger partial charge in [-0.1, -0.05) is 63.7 Å². The van der Waals surface area contributed by atoms with Gasteiger partial charge in [-0.2, -0.15) is 0 Å². The van der Waals surface area contributed by atoms with Crippen LogP contribution in [-0.4, -0.2) is 35.4 Å². The zero-order chi connectivity index (χ0) is 23.1. The molecule has 0 spiro atoms. The van der Waals surface area contributed by atoms with Crippen LogP contribution in [0, 0.1) is 0 Å². The zero-order valence-electron chi connectivity index (χ0n) is 17.4. The highest BCUT2D eigenvalue weighted by molar-refractivity contribution is 9.10. The monoisotopic (exact) mass is 548 g/mol. The largest absolute Gasteiger partial charge is 0.482 e. The second kappa shape index (κ2) is 12.0. The molecule has 0 saturated carbocycles. The molecule has 0 radical (unpaired) electrons. The molecule has 9 heteroatoms. The molecule has 2 rings (SSSR count). The van der Waals surface area contributed by atoms with Gasteiger partial charge >= 0.3 is 0 Å². The van der Waals surface area contributed by atoms with Gasteiger partial charge in [-0.25, -0.2) is 0 Å². The molecule has 0 bridgehead atoms. The van der Waals surface area contributed by atoms with Crippen LogP contribution in [0.25, 0.3) is 0 Å². The molecule has 0 aliphatic carbocycles. The Bertz CT molecular complexity index is 940. The van der Waals surface area contributed by atoms with E-state index in [1.165, 1.54) is 4.90 Å². The molecule has 0 heterocycles. The van der Waals surface area contributed by atoms with Gasteiger partial charge in [-0.05, 0) is 56.2 Å². The third-order valence-electron chi connectivity index (χ3n) is 4.42. The first-order chi connectivity index (χ1) is 14.6. The molecule has 1 unspecified atom stereocenters. The molecule has 2 aromatic carbocycles. The van der Waals surface area contributed by atoms with Crippen molar-refractivity contribution < 1.29 is 14.3 Å². The van der Waals surface area contributed by atoms with Gasteiger partial charge in [0.1, 0.15) is 11.8 Å². The third kappa shape index (κ3) is 7.56. The lowest BCUT2D eigenvalue weighted by molar-refractivity contribution is -0.143. The summed E-state index contributed by atoms with van der Waals surface area (Å²) in [6.07, 6.45) is 0.425. The summed E-state index contributed by atoms with van der Waals surface area (Å²) in [7, 11) is 0. The first-order valence-corrected chi connectivity index (χ1v) is 11.7. The van der Waals surface area contributed by atoms with Crippen molar-refractivity contribution in [2.24, 2.45) is 0 Å². The van der Waals surface area contributed by atoms with E-state index in [1.807, 2.05) is 20.8 Å². The minimum atomic E-state index is -0.689. The van der Waals surface area contributed by atoms with E-state index in [9.17, 15) is 9.59 Å². The fourth-order valence-electron chi connectivity index (χ4n) is 2.95. The molecule has 1 N–H and O–H groups in total. The summed E-state index contributed by atoms with van der Waals surface area (Å²) in [6.45, 7) is 5.44. The second-order valence-electron chi connectivity index (χ2n) is 7.21. The number of carbonyl (C=O) groups excluding carboxylic acids is 2. The second-order valence-corrected chi connectivity index (χ2v) is 9.37. The maximum absolute atomic E-state index is 13.2. The predicted octanol–water partition coefficient (Wildman–Crippen LogP) is 6.12. The van der Waals surface area contributed by atoms with Crippen LogP contribution in [0.2, 0.25) is 15.1 Å². The van der Waals surface area contributed by atoms with E-state index in [2.05, 4.69) is 21.2 Å². The van der Waals surface area contributed by atoms with E-state index < -0.39 is 6.04 Å². The highest BCUT2D eigenvalue weighted by Gasteiger charge is 2.30. The lowest BCUT2D eigenvalue weighted by atomic mass is 10.1. The molecule has 5 nitrogen and oxygen atoms in total. The number of nitrogens with one attached hydrogen (secondary N) is 1. The van der Waals surface area contributed by atoms with Crippen LogP contribution in [0.1, 0.15) is 32.8 Å². The van der Waals surface area contributed by atoms with Crippen molar-refractivity contribution in [2.75, 3.05) is 6.61 Å². The highest BCUT2D eigenvalue weighted by Crippen LogP contribution is 2.28. The predicted molar refractivity (Wildman–Crippen MR) is 129 cm³/mol. The van der Waals surface area contributed by atoms with Gasteiger partial charge in [0.2, 0.25) is 5.91 Å². The van der Waals surface area contributed by atoms with Crippen LogP contribution in [0.4, 0.5) is 0 Å². The maximum Gasteiger partial charge on any atom is 0.261 e. The van der Waals surface area contributed by atoms with Crippen molar-refractivity contribution in [2.45, 2.75) is 45.8 Å². The molecule has 168 valence electrons. The number of amides is 2. The summed E-state index contributed by atoms with van der Waals surface area (Å²) in [5.41, 5.74) is 0.678. The number of halogens is 4. The van der Waals surface area contributed by atoms with Crippen LogP contribution in [0.3, 0.4) is 0 Å². The highest BCUT2D eigenvalue weighted by atomic mass is 79.9. The molecule has 31 heavy (non-hydrogen) atoms. The van der Waals surface area contributed by atoms with Crippen molar-refractivity contribution in [3.05, 3.63) is 61.5 Å². The Morgan fingerprint density at radius 3 is 2.39 bits per heavy atom. The first kappa shape index (κ1) is 25.8. The topological polar surface area (TPSA) is 58.6 Å². The standard InChI is InChI=1S/C22H24BrCl3N2O3/c1-4-19(22(30)27-13(2)3)28(11-14-5-7-16(24)10-17(14)25)21(29)12-31-20-8-6-15(23)9-18(20)26/h5-10,13,19H,4,11-12H2,1-3H3,(H,27,30). The van der Waals surface area contributed by atoms with E-state index in [1.54, 1.807) is 36.4 Å². The lowest BCUT2D eigenvalue weighted by Crippen LogP contribution is -2.51. The number of ether oxygens (including phenoxy) is 1. The third-order valence-corrected chi connectivity index (χ3v) is 5.79. The zero-order valence-corrected chi connectivity index (χ0v) is 21.3. The molecule has 2 aromatic rings. The summed E-state index contributed by atoms with van der Waals surface area (Å²) in [6, 6.07) is 9.40. The molecular formula is C22H24BrCl3N2O3. The molecule has 0 aliphatic heterocycles. The van der Waals surface area contributed by atoms with Crippen molar-refractivity contribution in [1.29, 1.82) is 0 Å². The fourth-order valence-corrected chi connectivity index (χ4v) is 4.14. The molecule has 0 fully saturated rings. The fraction of sp³-hybridized carbons (Fsp3) is 0.364. The SMILES string of the molecule is CCC(C(=O)NC(C)C)N(Cc1ccc(Cl)cc1Cl)C(=O)COc1ccc(Br)cc1Cl. The molecule has 2 amide bonds. The number of hydrogen-bond acceptors (Lipinski definition) is 3. The minimum absolute atomic E-state index is 0.0598. The Hall–Kier alpha value is -1.47. The summed E-state index contributed by atoms with van der Waals surface area (Å²) in [4.78, 5) is 27.4. The number of nitrogens with zero attached hydrogens (tertiary/aromatic N) is 1. The van der Waals surface area contributed by atoms with Gasteiger partial charge in [0.15, 0.2) is 6.61 Å². The van der Waals surface area contributed by atoms with Gasteiger partial charge in [-0.15, -0.1) is 0 Å². The Morgan fingerprint density at radius 1 is 1.10 bits per heavy atom. The van der Waals surface area contributed by atoms with Crippen LogP contribution < -0.4 is 10.1 Å². The number of carbonyl (C=O) groups is 2. The van der Waals surface area contributed by atoms with Crippen molar-refractivity contribution in [3.8, 4) is 5.75 Å². The maximum atomic E-state index is 13.2. The molecule has 1 atom stereocenters. The number of hydrogen-bond donors (Lipinski definition) is 1. The first-order valence-electron chi connectivity index (χ1n) is 9.74. The van der Waals surface area contributed by atoms with Crippen molar-refractivity contribution in [1.82, 2.24) is 10.2 Å². The van der Waals surface area contributed by atoms with Crippen LogP contribution >= 0.6 is 50.7 Å². The van der Waals surface area contributed by atoms with Crippen LogP contribution in [-0.2, 0) is 16.1 Å². The van der Waals surface area contributed by atoms with Gasteiger partial charge in [0.25, 0.3) is 5.91 Å². The molecular weight excluding hydrogens is 527 g/mol. The smallest absolute Gasteiger partial charge is 0.261 e. The summed E-state index contributed by atoms with van der Waals surface area (Å²) in [5, 5.41) is 4.16. The van der Waals surface area contributed by atoms with Crippen molar-refractivity contribution >= 4 is 62.5 Å². The van der Waals surface area contributed by atoms with E-state index in [0.717, 1.165) is 4.47 Å². The minimum Gasteiger partial charge on any atom is -0.482 e. The van der Waals surface area contributed by atoms with Crippen molar-refractivity contribution in [3.63, 3.8) is 0 Å². The summed E-state index contributed by atoms with van der Waals surface area (Å²) >= 11 is 21.8. The van der Waals surface area contributed by atoms with Gasteiger partial charge in [0, 0.05) is 27.1 Å². The summed E-state index contributed by atoms with van der Waals surface area (Å²) in [5.74, 6) is -0.226. The van der Waals surface area contributed by atoms with E-state index in [4.69, 9.17) is 39.5 Å². The Morgan fingerprint density at radius 2 is 1.81 bits per heavy atom. The Labute approximate surface area is 206 Å². The quantitative estimate of drug-likeness (QED) is 0.409. The normalized spacial score (nSPS) is 11.9. The lowest BCUT2D eigenvalue weighted by Gasteiger charge is -2.31. The number of benzene rings is 2. The molecule has 0 saturated heterocycles. The van der Waals surface area contributed by atoms with E-state index >= 15 is 0 Å². The van der Waals surface area contributed by atoms with Crippen LogP contribution in [0.15, 0.2) is 40.9 Å². The van der Waals surface area contributed by atoms with Crippen LogP contribution in [0.5, 0.6) is 5.75 Å². The molecule has 0 aliphatic rings. The summed E-state index contributed by atoms with van der Waals surface area (Å²) < 4.78 is 6.45. The molecule has 0 aromatic heterocycles. The Balaban J connectivity index is 2.27. The number of rotatable bonds is 9. The van der Waals surface area contributed by atoms with Gasteiger partial charge in [0.05, 0.1) is 5.02 Å². The van der Waals surface area contributed by atoms with Gasteiger partial charge < -0.3 is 15.0 Å². The van der Waals surface area contributed by atoms with E-state index in [0.29, 0.717) is 32.8 Å². The average molecular weight is 551 g/mol.